The maximum atomic E-state index is 11.8. The van der Waals surface area contributed by atoms with Crippen molar-refractivity contribution in [2.24, 2.45) is 0 Å². The molecule has 164 valence electrons. The number of benzene rings is 3. The Kier molecular flexibility index (Phi) is 6.97. The molecule has 0 atom stereocenters. The number of rotatable bonds is 8. The minimum absolute atomic E-state index is 0.0283. The molecule has 0 spiro atoms. The molecule has 0 aliphatic rings. The van der Waals surface area contributed by atoms with Gasteiger partial charge in [0.25, 0.3) is 0 Å². The van der Waals surface area contributed by atoms with Gasteiger partial charge in [-0.05, 0) is 23.8 Å². The van der Waals surface area contributed by atoms with Gasteiger partial charge in [-0.25, -0.2) is 4.79 Å². The Bertz CT molecular complexity index is 1160. The van der Waals surface area contributed by atoms with Crippen molar-refractivity contribution in [1.29, 1.82) is 0 Å². The van der Waals surface area contributed by atoms with E-state index in [-0.39, 0.29) is 28.5 Å². The molecule has 0 saturated carbocycles. The van der Waals surface area contributed by atoms with Crippen molar-refractivity contribution in [2.75, 3.05) is 17.2 Å². The van der Waals surface area contributed by atoms with E-state index in [1.54, 1.807) is 6.07 Å². The molecule has 1 amide bonds. The van der Waals surface area contributed by atoms with E-state index in [0.29, 0.717) is 12.2 Å². The monoisotopic (exact) mass is 434 g/mol. The highest BCUT2D eigenvalue weighted by atomic mass is 16.5. The minimum Gasteiger partial charge on any atom is -0.508 e. The number of amides is 1. The van der Waals surface area contributed by atoms with Crippen LogP contribution in [0.2, 0.25) is 0 Å². The van der Waals surface area contributed by atoms with Gasteiger partial charge in [-0.3, -0.25) is 4.79 Å². The number of carboxylic acid groups (broad SMARTS) is 1. The lowest BCUT2D eigenvalue weighted by Gasteiger charge is -2.15. The fourth-order valence-electron chi connectivity index (χ4n) is 2.92. The van der Waals surface area contributed by atoms with Crippen LogP contribution in [0.1, 0.15) is 22.8 Å². The zero-order valence-electron chi connectivity index (χ0n) is 17.2. The van der Waals surface area contributed by atoms with Gasteiger partial charge in [0.15, 0.2) is 5.75 Å². The van der Waals surface area contributed by atoms with E-state index in [1.165, 1.54) is 19.1 Å². The fourth-order valence-corrected chi connectivity index (χ4v) is 2.92. The molecule has 0 radical (unpaired) electrons. The van der Waals surface area contributed by atoms with E-state index in [9.17, 15) is 24.9 Å². The normalized spacial score (nSPS) is 10.7. The highest BCUT2D eigenvalue weighted by Gasteiger charge is 2.18. The van der Waals surface area contributed by atoms with Gasteiger partial charge in [0.2, 0.25) is 5.91 Å². The molecule has 0 aromatic heterocycles. The highest BCUT2D eigenvalue weighted by Crippen LogP contribution is 2.41. The van der Waals surface area contributed by atoms with Gasteiger partial charge in [-0.15, -0.1) is 0 Å². The summed E-state index contributed by atoms with van der Waals surface area (Å²) in [6, 6.07) is 16.5. The Hall–Kier alpha value is -4.46. The number of phenolic OH excluding ortho intramolecular Hbond substituents is 2. The summed E-state index contributed by atoms with van der Waals surface area (Å²) >= 11 is 0. The first-order valence-corrected chi connectivity index (χ1v) is 9.67. The molecule has 0 aliphatic heterocycles. The second-order valence-electron chi connectivity index (χ2n) is 6.83. The first-order chi connectivity index (χ1) is 15.3. The third-order valence-corrected chi connectivity index (χ3v) is 4.33. The third kappa shape index (κ3) is 5.79. The average molecular weight is 434 g/mol. The predicted molar refractivity (Wildman–Crippen MR) is 122 cm³/mol. The lowest BCUT2D eigenvalue weighted by molar-refractivity contribution is -0.114. The van der Waals surface area contributed by atoms with Gasteiger partial charge >= 0.3 is 5.97 Å². The number of phenols is 2. The number of carbonyl (C=O) groups is 2. The molecule has 0 heterocycles. The van der Waals surface area contributed by atoms with E-state index in [1.807, 2.05) is 42.5 Å². The standard InChI is InChI=1S/C24H22N2O6/c1-15(27)26-23-20(29)13-18(28)14-22(23)32-21-10-9-17(12-19(21)24(30)31)25-11-5-8-16-6-3-2-4-7-16/h2-10,12-14,25,28-29H,11H2,1H3,(H,26,27)(H,30,31). The third-order valence-electron chi connectivity index (χ3n) is 4.33. The number of anilines is 2. The molecule has 3 rings (SSSR count). The summed E-state index contributed by atoms with van der Waals surface area (Å²) in [6.45, 7) is 1.72. The second-order valence-corrected chi connectivity index (χ2v) is 6.83. The Morgan fingerprint density at radius 2 is 1.75 bits per heavy atom. The zero-order valence-corrected chi connectivity index (χ0v) is 17.2. The van der Waals surface area contributed by atoms with E-state index >= 15 is 0 Å². The molecule has 0 aliphatic carbocycles. The van der Waals surface area contributed by atoms with Gasteiger partial charge in [0.1, 0.15) is 28.5 Å². The van der Waals surface area contributed by atoms with E-state index < -0.39 is 17.6 Å². The summed E-state index contributed by atoms with van der Waals surface area (Å²) in [7, 11) is 0. The number of aromatic hydroxyl groups is 2. The van der Waals surface area contributed by atoms with Gasteiger partial charge in [-0.2, -0.15) is 0 Å². The van der Waals surface area contributed by atoms with Crippen LogP contribution in [0.3, 0.4) is 0 Å². The number of carboxylic acids is 1. The van der Waals surface area contributed by atoms with Crippen LogP contribution in [0.5, 0.6) is 23.0 Å². The predicted octanol–water partition coefficient (Wildman–Crippen LogP) is 4.67. The molecular weight excluding hydrogens is 412 g/mol. The summed E-state index contributed by atoms with van der Waals surface area (Å²) in [4.78, 5) is 23.2. The van der Waals surface area contributed by atoms with Crippen molar-refractivity contribution >= 4 is 29.3 Å². The molecule has 5 N–H and O–H groups in total. The number of ether oxygens (including phenoxy) is 1. The largest absolute Gasteiger partial charge is 0.508 e. The van der Waals surface area contributed by atoms with Crippen LogP contribution in [-0.2, 0) is 4.79 Å². The molecule has 0 unspecified atom stereocenters. The first kappa shape index (κ1) is 22.2. The van der Waals surface area contributed by atoms with Crippen molar-refractivity contribution in [3.63, 3.8) is 0 Å². The first-order valence-electron chi connectivity index (χ1n) is 9.67. The van der Waals surface area contributed by atoms with Crippen molar-refractivity contribution in [3.05, 3.63) is 77.9 Å². The molecule has 3 aromatic rings. The fraction of sp³-hybridized carbons (Fsp3) is 0.0833. The zero-order chi connectivity index (χ0) is 23.1. The summed E-state index contributed by atoms with van der Waals surface area (Å²) in [6.07, 6.45) is 3.86. The van der Waals surface area contributed by atoms with Crippen LogP contribution in [0.4, 0.5) is 11.4 Å². The van der Waals surface area contributed by atoms with E-state index in [2.05, 4.69) is 10.6 Å². The highest BCUT2D eigenvalue weighted by molar-refractivity contribution is 5.94. The molecular formula is C24H22N2O6. The van der Waals surface area contributed by atoms with Gasteiger partial charge in [0.05, 0.1) is 0 Å². The van der Waals surface area contributed by atoms with Crippen molar-refractivity contribution in [3.8, 4) is 23.0 Å². The Balaban J connectivity index is 1.80. The summed E-state index contributed by atoms with van der Waals surface area (Å²) in [5.41, 5.74) is 1.39. The minimum atomic E-state index is -1.23. The van der Waals surface area contributed by atoms with Gasteiger partial charge in [-0.1, -0.05) is 42.5 Å². The Morgan fingerprint density at radius 3 is 2.44 bits per heavy atom. The summed E-state index contributed by atoms with van der Waals surface area (Å²) in [5.74, 6) is -2.57. The lowest BCUT2D eigenvalue weighted by atomic mass is 10.1. The number of aromatic carboxylic acids is 1. The number of nitrogens with one attached hydrogen (secondary N) is 2. The number of hydrogen-bond acceptors (Lipinski definition) is 6. The summed E-state index contributed by atoms with van der Waals surface area (Å²) < 4.78 is 5.65. The van der Waals surface area contributed by atoms with Crippen molar-refractivity contribution in [1.82, 2.24) is 0 Å². The maximum Gasteiger partial charge on any atom is 0.339 e. The molecule has 0 bridgehead atoms. The van der Waals surface area contributed by atoms with Crippen LogP contribution in [0, 0.1) is 0 Å². The lowest BCUT2D eigenvalue weighted by Crippen LogP contribution is -2.08. The molecule has 0 fully saturated rings. The van der Waals surface area contributed by atoms with E-state index in [0.717, 1.165) is 17.7 Å². The van der Waals surface area contributed by atoms with Crippen LogP contribution < -0.4 is 15.4 Å². The Morgan fingerprint density at radius 1 is 1.00 bits per heavy atom. The molecule has 8 nitrogen and oxygen atoms in total. The Labute approximate surface area is 184 Å². The number of hydrogen-bond donors (Lipinski definition) is 5. The SMILES string of the molecule is CC(=O)Nc1c(O)cc(O)cc1Oc1ccc(NCC=Cc2ccccc2)cc1C(=O)O. The summed E-state index contributed by atoms with van der Waals surface area (Å²) in [5, 5.41) is 34.9. The van der Waals surface area contributed by atoms with Crippen LogP contribution in [0.25, 0.3) is 6.08 Å². The van der Waals surface area contributed by atoms with Crippen LogP contribution >= 0.6 is 0 Å². The van der Waals surface area contributed by atoms with Crippen LogP contribution in [-0.4, -0.2) is 33.7 Å². The topological polar surface area (TPSA) is 128 Å². The van der Waals surface area contributed by atoms with Crippen molar-refractivity contribution < 1.29 is 29.6 Å². The molecule has 0 saturated heterocycles. The van der Waals surface area contributed by atoms with E-state index in [4.69, 9.17) is 4.74 Å². The van der Waals surface area contributed by atoms with Crippen molar-refractivity contribution in [2.45, 2.75) is 6.92 Å². The maximum absolute atomic E-state index is 11.8. The molecule has 32 heavy (non-hydrogen) atoms. The second kappa shape index (κ2) is 10.0. The average Bonchev–Trinajstić information content (AvgIpc) is 2.75. The molecule has 8 heteroatoms. The smallest absolute Gasteiger partial charge is 0.339 e. The van der Waals surface area contributed by atoms with Gasteiger partial charge < -0.3 is 30.7 Å². The molecule has 3 aromatic carbocycles. The quantitative estimate of drug-likeness (QED) is 0.257. The van der Waals surface area contributed by atoms with Crippen LogP contribution in [0.15, 0.2) is 66.7 Å². The number of carbonyl (C=O) groups excluding carboxylic acids is 1. The van der Waals surface area contributed by atoms with Gasteiger partial charge in [0, 0.05) is 31.3 Å².